The molecule has 3 aromatic carbocycles. The Morgan fingerprint density at radius 3 is 2.52 bits per heavy atom. The summed E-state index contributed by atoms with van der Waals surface area (Å²) in [5, 5.41) is 12.7. The Morgan fingerprint density at radius 1 is 1.12 bits per heavy atom. The molecular weight excluding hydrogens is 508 g/mol. The molecule has 0 atom stereocenters. The lowest BCUT2D eigenvalue weighted by atomic mass is 10.1. The molecule has 0 radical (unpaired) electrons. The number of ether oxygens (including phenoxy) is 2. The number of hydrogen-bond donors (Lipinski definition) is 1. The van der Waals surface area contributed by atoms with Gasteiger partial charge in [0.05, 0.1) is 22.8 Å². The fraction of sp³-hybridized carbons (Fsp3) is 0.0800. The predicted octanol–water partition coefficient (Wildman–Crippen LogP) is 6.01. The maximum absolute atomic E-state index is 12.6. The monoisotopic (exact) mass is 524 g/mol. The van der Waals surface area contributed by atoms with Crippen LogP contribution < -0.4 is 10.1 Å². The molecule has 3 aromatic rings. The van der Waals surface area contributed by atoms with Crippen molar-refractivity contribution in [2.24, 2.45) is 0 Å². The van der Waals surface area contributed by atoms with Crippen LogP contribution in [0.2, 0.25) is 5.02 Å². The first-order valence-electron chi connectivity index (χ1n) is 9.68. The number of hydrogen-bond acceptors (Lipinski definition) is 5. The number of rotatable bonds is 7. The second kappa shape index (κ2) is 11.3. The minimum atomic E-state index is -0.645. The number of benzene rings is 3. The first-order valence-corrected chi connectivity index (χ1v) is 10.9. The lowest BCUT2D eigenvalue weighted by Crippen LogP contribution is -2.16. The summed E-state index contributed by atoms with van der Waals surface area (Å²) >= 11 is 9.35. The summed E-state index contributed by atoms with van der Waals surface area (Å²) in [4.78, 5) is 24.5. The van der Waals surface area contributed by atoms with Crippen molar-refractivity contribution in [3.05, 3.63) is 98.5 Å². The number of carbonyl (C=O) groups excluding carboxylic acids is 2. The third-order valence-corrected chi connectivity index (χ3v) is 5.39. The van der Waals surface area contributed by atoms with Crippen molar-refractivity contribution in [1.82, 2.24) is 0 Å². The molecule has 0 fully saturated rings. The predicted molar refractivity (Wildman–Crippen MR) is 130 cm³/mol. The molecule has 0 bridgehead atoms. The fourth-order valence-corrected chi connectivity index (χ4v) is 3.49. The van der Waals surface area contributed by atoms with E-state index in [0.29, 0.717) is 27.4 Å². The van der Waals surface area contributed by atoms with Crippen molar-refractivity contribution in [1.29, 1.82) is 5.26 Å². The number of carbonyl (C=O) groups is 2. The van der Waals surface area contributed by atoms with Gasteiger partial charge in [-0.2, -0.15) is 5.26 Å². The molecule has 0 saturated heterocycles. The highest BCUT2D eigenvalue weighted by Gasteiger charge is 2.16. The molecule has 0 aliphatic carbocycles. The summed E-state index contributed by atoms with van der Waals surface area (Å²) in [6, 6.07) is 20.8. The van der Waals surface area contributed by atoms with E-state index in [0.717, 1.165) is 5.56 Å². The number of halogens is 2. The molecule has 0 saturated carbocycles. The highest BCUT2D eigenvalue weighted by Crippen LogP contribution is 2.28. The maximum Gasteiger partial charge on any atom is 0.339 e. The van der Waals surface area contributed by atoms with Crippen LogP contribution in [-0.4, -0.2) is 19.0 Å². The normalized spacial score (nSPS) is 10.8. The van der Waals surface area contributed by atoms with Crippen LogP contribution in [0.1, 0.15) is 21.5 Å². The van der Waals surface area contributed by atoms with E-state index in [-0.39, 0.29) is 16.8 Å². The fourth-order valence-electron chi connectivity index (χ4n) is 2.85. The first-order chi connectivity index (χ1) is 15.9. The number of para-hydroxylation sites is 1. The number of nitrogens with one attached hydrogen (secondary N) is 1. The largest absolute Gasteiger partial charge is 0.488 e. The summed E-state index contributed by atoms with van der Waals surface area (Å²) < 4.78 is 11.2. The zero-order valence-electron chi connectivity index (χ0n) is 17.5. The Bertz CT molecular complexity index is 1250. The number of esters is 1. The van der Waals surface area contributed by atoms with E-state index in [1.54, 1.807) is 48.5 Å². The third kappa shape index (κ3) is 6.45. The number of nitriles is 1. The van der Waals surface area contributed by atoms with E-state index in [4.69, 9.17) is 21.1 Å². The Hall–Kier alpha value is -3.60. The quantitative estimate of drug-likeness (QED) is 0.232. The van der Waals surface area contributed by atoms with Gasteiger partial charge in [-0.05, 0) is 69.5 Å². The molecular formula is C25H18BrClN2O4. The van der Waals surface area contributed by atoms with Gasteiger partial charge in [0.15, 0.2) is 0 Å². The van der Waals surface area contributed by atoms with Gasteiger partial charge in [0.2, 0.25) is 0 Å². The highest BCUT2D eigenvalue weighted by atomic mass is 79.9. The zero-order valence-corrected chi connectivity index (χ0v) is 19.8. The van der Waals surface area contributed by atoms with Gasteiger partial charge in [-0.15, -0.1) is 0 Å². The number of amides is 1. The Labute approximate surface area is 204 Å². The molecule has 0 unspecified atom stereocenters. The van der Waals surface area contributed by atoms with Crippen LogP contribution in [0.15, 0.2) is 76.8 Å². The molecule has 166 valence electrons. The van der Waals surface area contributed by atoms with Crippen molar-refractivity contribution < 1.29 is 19.1 Å². The second-order valence-electron chi connectivity index (χ2n) is 6.77. The van der Waals surface area contributed by atoms with E-state index < -0.39 is 11.9 Å². The molecule has 0 aromatic heterocycles. The molecule has 0 heterocycles. The van der Waals surface area contributed by atoms with Gasteiger partial charge in [-0.1, -0.05) is 41.9 Å². The van der Waals surface area contributed by atoms with Crippen molar-refractivity contribution in [3.8, 4) is 11.8 Å². The van der Waals surface area contributed by atoms with Crippen molar-refractivity contribution in [3.63, 3.8) is 0 Å². The second-order valence-corrected chi connectivity index (χ2v) is 8.06. The Morgan fingerprint density at radius 2 is 1.85 bits per heavy atom. The smallest absolute Gasteiger partial charge is 0.339 e. The molecule has 8 heteroatoms. The van der Waals surface area contributed by atoms with Crippen LogP contribution >= 0.6 is 27.5 Å². The molecule has 0 aliphatic heterocycles. The van der Waals surface area contributed by atoms with Crippen LogP contribution in [0.3, 0.4) is 0 Å². The van der Waals surface area contributed by atoms with E-state index in [9.17, 15) is 14.9 Å². The number of methoxy groups -OCH3 is 1. The van der Waals surface area contributed by atoms with Crippen LogP contribution in [0.4, 0.5) is 5.69 Å². The van der Waals surface area contributed by atoms with E-state index >= 15 is 0 Å². The standard InChI is InChI=1S/C25H18BrClN2O4/c1-32-25(31)20-4-2-3-5-22(20)29-24(30)18(14-28)12-17-8-11-23(21(26)13-17)33-15-16-6-9-19(27)10-7-16/h2-13H,15H2,1H3,(H,29,30). The van der Waals surface area contributed by atoms with Gasteiger partial charge in [-0.25, -0.2) is 4.79 Å². The molecule has 0 spiro atoms. The molecule has 33 heavy (non-hydrogen) atoms. The van der Waals surface area contributed by atoms with Crippen LogP contribution in [0.5, 0.6) is 5.75 Å². The van der Waals surface area contributed by atoms with Crippen LogP contribution in [-0.2, 0) is 16.1 Å². The van der Waals surface area contributed by atoms with E-state index in [2.05, 4.69) is 21.2 Å². The summed E-state index contributed by atoms with van der Waals surface area (Å²) in [6.45, 7) is 0.358. The molecule has 0 aliphatic rings. The summed E-state index contributed by atoms with van der Waals surface area (Å²) in [5.41, 5.74) is 1.90. The molecule has 3 rings (SSSR count). The van der Waals surface area contributed by atoms with Gasteiger partial charge >= 0.3 is 5.97 Å². The zero-order chi connectivity index (χ0) is 23.8. The minimum absolute atomic E-state index is 0.128. The summed E-state index contributed by atoms with van der Waals surface area (Å²) in [7, 11) is 1.25. The molecule has 1 amide bonds. The van der Waals surface area contributed by atoms with Crippen molar-refractivity contribution >= 4 is 51.2 Å². The van der Waals surface area contributed by atoms with Gasteiger partial charge in [0, 0.05) is 5.02 Å². The van der Waals surface area contributed by atoms with Gasteiger partial charge in [0.25, 0.3) is 5.91 Å². The van der Waals surface area contributed by atoms with E-state index in [1.165, 1.54) is 19.3 Å². The number of nitrogens with zero attached hydrogens (tertiary/aromatic N) is 1. The molecule has 1 N–H and O–H groups in total. The topological polar surface area (TPSA) is 88.4 Å². The van der Waals surface area contributed by atoms with Gasteiger partial charge in [0.1, 0.15) is 24.0 Å². The van der Waals surface area contributed by atoms with Gasteiger partial charge in [-0.3, -0.25) is 4.79 Å². The van der Waals surface area contributed by atoms with Crippen LogP contribution in [0, 0.1) is 11.3 Å². The SMILES string of the molecule is COC(=O)c1ccccc1NC(=O)C(C#N)=Cc1ccc(OCc2ccc(Cl)cc2)c(Br)c1. The molecule has 6 nitrogen and oxygen atoms in total. The lowest BCUT2D eigenvalue weighted by Gasteiger charge is -2.10. The summed E-state index contributed by atoms with van der Waals surface area (Å²) in [6.07, 6.45) is 1.45. The number of anilines is 1. The van der Waals surface area contributed by atoms with Gasteiger partial charge < -0.3 is 14.8 Å². The summed E-state index contributed by atoms with van der Waals surface area (Å²) in [5.74, 6) is -0.628. The maximum atomic E-state index is 12.6. The third-order valence-electron chi connectivity index (χ3n) is 4.52. The Kier molecular flexibility index (Phi) is 8.25. The average Bonchev–Trinajstić information content (AvgIpc) is 2.82. The van der Waals surface area contributed by atoms with Crippen molar-refractivity contribution in [2.75, 3.05) is 12.4 Å². The highest BCUT2D eigenvalue weighted by molar-refractivity contribution is 9.10. The lowest BCUT2D eigenvalue weighted by molar-refractivity contribution is -0.112. The van der Waals surface area contributed by atoms with E-state index in [1.807, 2.05) is 18.2 Å². The van der Waals surface area contributed by atoms with Crippen molar-refractivity contribution in [2.45, 2.75) is 6.61 Å². The van der Waals surface area contributed by atoms with Crippen LogP contribution in [0.25, 0.3) is 6.08 Å². The average molecular weight is 526 g/mol. The first kappa shape index (κ1) is 24.1. The minimum Gasteiger partial charge on any atom is -0.488 e. The Balaban J connectivity index is 1.74.